The van der Waals surface area contributed by atoms with Crippen molar-refractivity contribution in [3.05, 3.63) is 77.1 Å². The Morgan fingerprint density at radius 3 is 2.21 bits per heavy atom. The minimum Gasteiger partial charge on any atom is -0.493 e. The Kier molecular flexibility index (Phi) is 5.97. The standard InChI is InChI=1S/C25H24N2O5S/c1-15-11-16(2)25-20(27-18-6-8-19(9-7-18)33(26,28)29)14-22(32-24(25)12-15)17-5-10-21(30-3)23(13-17)31-4/h5-14H,1-4H3,(H2,26,28,29). The summed E-state index contributed by atoms with van der Waals surface area (Å²) in [6.45, 7) is 4.01. The Hall–Kier alpha value is -3.62. The Morgan fingerprint density at radius 1 is 0.879 bits per heavy atom. The van der Waals surface area contributed by atoms with Gasteiger partial charge in [0.2, 0.25) is 10.0 Å². The molecule has 1 aromatic heterocycles. The molecule has 3 aromatic carbocycles. The lowest BCUT2D eigenvalue weighted by atomic mass is 10.0. The zero-order valence-electron chi connectivity index (χ0n) is 18.7. The normalized spacial score (nSPS) is 12.2. The van der Waals surface area contributed by atoms with Gasteiger partial charge in [0.05, 0.1) is 30.2 Å². The molecule has 0 unspecified atom stereocenters. The molecule has 0 aliphatic rings. The van der Waals surface area contributed by atoms with Crippen molar-refractivity contribution in [2.24, 2.45) is 10.1 Å². The van der Waals surface area contributed by atoms with E-state index in [9.17, 15) is 8.42 Å². The van der Waals surface area contributed by atoms with E-state index in [0.717, 1.165) is 22.1 Å². The molecular weight excluding hydrogens is 440 g/mol. The Bertz CT molecular complexity index is 1520. The number of ether oxygens (including phenoxy) is 2. The lowest BCUT2D eigenvalue weighted by Gasteiger charge is -2.11. The number of sulfonamides is 1. The van der Waals surface area contributed by atoms with Gasteiger partial charge in [0, 0.05) is 17.0 Å². The van der Waals surface area contributed by atoms with Gasteiger partial charge in [-0.25, -0.2) is 18.5 Å². The largest absolute Gasteiger partial charge is 0.493 e. The monoisotopic (exact) mass is 464 g/mol. The van der Waals surface area contributed by atoms with E-state index >= 15 is 0 Å². The van der Waals surface area contributed by atoms with Gasteiger partial charge in [-0.3, -0.25) is 0 Å². The lowest BCUT2D eigenvalue weighted by Crippen LogP contribution is -2.11. The topological polar surface area (TPSA) is 104 Å². The van der Waals surface area contributed by atoms with Crippen molar-refractivity contribution in [3.63, 3.8) is 0 Å². The third-order valence-corrected chi connectivity index (χ3v) is 6.20. The highest BCUT2D eigenvalue weighted by molar-refractivity contribution is 7.89. The van der Waals surface area contributed by atoms with Crippen LogP contribution in [-0.2, 0) is 10.0 Å². The molecule has 33 heavy (non-hydrogen) atoms. The first-order valence-electron chi connectivity index (χ1n) is 10.1. The van der Waals surface area contributed by atoms with Crippen LogP contribution in [0.15, 0.2) is 75.0 Å². The van der Waals surface area contributed by atoms with Crippen molar-refractivity contribution in [2.75, 3.05) is 14.2 Å². The van der Waals surface area contributed by atoms with E-state index in [1.165, 1.54) is 12.1 Å². The summed E-state index contributed by atoms with van der Waals surface area (Å²) in [4.78, 5) is 4.83. The fraction of sp³-hybridized carbons (Fsp3) is 0.160. The molecule has 7 nitrogen and oxygen atoms in total. The highest BCUT2D eigenvalue weighted by atomic mass is 32.2. The second-order valence-electron chi connectivity index (χ2n) is 7.67. The van der Waals surface area contributed by atoms with Gasteiger partial charge in [-0.1, -0.05) is 6.07 Å². The first-order valence-corrected chi connectivity index (χ1v) is 11.7. The molecule has 0 bridgehead atoms. The van der Waals surface area contributed by atoms with Crippen LogP contribution in [0.1, 0.15) is 11.1 Å². The van der Waals surface area contributed by atoms with Gasteiger partial charge in [-0.15, -0.1) is 0 Å². The predicted molar refractivity (Wildman–Crippen MR) is 127 cm³/mol. The molecule has 0 spiro atoms. The van der Waals surface area contributed by atoms with Gasteiger partial charge in [-0.2, -0.15) is 0 Å². The molecule has 170 valence electrons. The van der Waals surface area contributed by atoms with Crippen molar-refractivity contribution >= 4 is 26.7 Å². The molecule has 0 aliphatic carbocycles. The molecule has 8 heteroatoms. The average molecular weight is 465 g/mol. The van der Waals surface area contributed by atoms with Crippen LogP contribution in [0, 0.1) is 13.8 Å². The summed E-state index contributed by atoms with van der Waals surface area (Å²) < 4.78 is 40.2. The van der Waals surface area contributed by atoms with E-state index in [0.29, 0.717) is 33.9 Å². The maximum Gasteiger partial charge on any atom is 0.238 e. The predicted octanol–water partition coefficient (Wildman–Crippen LogP) is 4.61. The summed E-state index contributed by atoms with van der Waals surface area (Å²) in [6, 6.07) is 17.6. The minimum absolute atomic E-state index is 0.0344. The summed E-state index contributed by atoms with van der Waals surface area (Å²) >= 11 is 0. The van der Waals surface area contributed by atoms with E-state index < -0.39 is 10.0 Å². The molecular formula is C25H24N2O5S. The maximum atomic E-state index is 11.6. The molecule has 0 radical (unpaired) electrons. The quantitative estimate of drug-likeness (QED) is 0.464. The molecule has 0 saturated carbocycles. The van der Waals surface area contributed by atoms with Crippen LogP contribution in [0.3, 0.4) is 0 Å². The van der Waals surface area contributed by atoms with Crippen LogP contribution in [-0.4, -0.2) is 22.6 Å². The molecule has 4 aromatic rings. The highest BCUT2D eigenvalue weighted by Gasteiger charge is 2.12. The van der Waals surface area contributed by atoms with Gasteiger partial charge < -0.3 is 13.9 Å². The van der Waals surface area contributed by atoms with Crippen LogP contribution < -0.4 is 20.0 Å². The summed E-state index contributed by atoms with van der Waals surface area (Å²) in [5.74, 6) is 1.81. The zero-order chi connectivity index (χ0) is 23.8. The number of hydrogen-bond donors (Lipinski definition) is 1. The van der Waals surface area contributed by atoms with E-state index in [-0.39, 0.29) is 4.90 Å². The molecule has 4 rings (SSSR count). The molecule has 0 fully saturated rings. The number of rotatable bonds is 5. The van der Waals surface area contributed by atoms with E-state index in [1.807, 2.05) is 44.2 Å². The van der Waals surface area contributed by atoms with Crippen molar-refractivity contribution in [1.29, 1.82) is 0 Å². The van der Waals surface area contributed by atoms with E-state index in [4.69, 9.17) is 24.0 Å². The third kappa shape index (κ3) is 4.62. The molecule has 1 heterocycles. The Morgan fingerprint density at radius 2 is 1.58 bits per heavy atom. The van der Waals surface area contributed by atoms with Gasteiger partial charge in [0.25, 0.3) is 0 Å². The van der Waals surface area contributed by atoms with Crippen LogP contribution in [0.2, 0.25) is 0 Å². The van der Waals surface area contributed by atoms with Crippen molar-refractivity contribution in [2.45, 2.75) is 18.7 Å². The second kappa shape index (κ2) is 8.73. The van der Waals surface area contributed by atoms with E-state index in [1.54, 1.807) is 26.4 Å². The second-order valence-corrected chi connectivity index (χ2v) is 9.23. The van der Waals surface area contributed by atoms with Crippen LogP contribution in [0.4, 0.5) is 5.69 Å². The Labute approximate surface area is 192 Å². The van der Waals surface area contributed by atoms with Gasteiger partial charge in [0.1, 0.15) is 11.3 Å². The number of primary sulfonamides is 1. The van der Waals surface area contributed by atoms with Crippen LogP contribution >= 0.6 is 0 Å². The Balaban J connectivity index is 1.96. The van der Waals surface area contributed by atoms with E-state index in [2.05, 4.69) is 6.07 Å². The first kappa shape index (κ1) is 22.6. The molecule has 0 amide bonds. The van der Waals surface area contributed by atoms with Crippen molar-refractivity contribution in [1.82, 2.24) is 0 Å². The summed E-state index contributed by atoms with van der Waals surface area (Å²) in [5, 5.41) is 6.78. The number of hydrogen-bond acceptors (Lipinski definition) is 6. The molecule has 0 atom stereocenters. The fourth-order valence-electron chi connectivity index (χ4n) is 3.75. The zero-order valence-corrected chi connectivity index (χ0v) is 19.6. The van der Waals surface area contributed by atoms with Crippen LogP contribution in [0.25, 0.3) is 22.3 Å². The molecule has 0 saturated heterocycles. The van der Waals surface area contributed by atoms with Gasteiger partial charge in [-0.05, 0) is 73.5 Å². The van der Waals surface area contributed by atoms with Crippen molar-refractivity contribution < 1.29 is 22.3 Å². The minimum atomic E-state index is -3.77. The highest BCUT2D eigenvalue weighted by Crippen LogP contribution is 2.33. The summed E-state index contributed by atoms with van der Waals surface area (Å²) in [6.07, 6.45) is 0. The summed E-state index contributed by atoms with van der Waals surface area (Å²) in [7, 11) is -0.606. The number of nitrogens with two attached hydrogens (primary N) is 1. The lowest BCUT2D eigenvalue weighted by molar-refractivity contribution is 0.355. The van der Waals surface area contributed by atoms with Crippen molar-refractivity contribution in [3.8, 4) is 22.8 Å². The third-order valence-electron chi connectivity index (χ3n) is 5.27. The molecule has 2 N–H and O–H groups in total. The van der Waals surface area contributed by atoms with Gasteiger partial charge >= 0.3 is 0 Å². The maximum absolute atomic E-state index is 11.6. The number of benzene rings is 3. The average Bonchev–Trinajstić information content (AvgIpc) is 2.77. The summed E-state index contributed by atoms with van der Waals surface area (Å²) in [5.41, 5.74) is 4.17. The first-order chi connectivity index (χ1) is 15.7. The number of fused-ring (bicyclic) bond motifs is 1. The SMILES string of the molecule is COc1ccc(-c2cc(=Nc3ccc(S(N)(=O)=O)cc3)c3c(C)cc(C)cc3o2)cc1OC. The van der Waals surface area contributed by atoms with Gasteiger partial charge in [0.15, 0.2) is 11.5 Å². The number of aryl methyl sites for hydroxylation is 2. The number of nitrogens with zero attached hydrogens (tertiary/aromatic N) is 1. The smallest absolute Gasteiger partial charge is 0.238 e. The van der Waals surface area contributed by atoms with Crippen LogP contribution in [0.5, 0.6) is 11.5 Å². The number of methoxy groups -OCH3 is 2. The fourth-order valence-corrected chi connectivity index (χ4v) is 4.27. The molecule has 0 aliphatic heterocycles.